The minimum absolute atomic E-state index is 0.130. The maximum absolute atomic E-state index is 14.0. The summed E-state index contributed by atoms with van der Waals surface area (Å²) in [6, 6.07) is 19.4. The number of carbonyl (C=O) groups is 1. The smallest absolute Gasteiger partial charge is 0.323 e. The van der Waals surface area contributed by atoms with Crippen molar-refractivity contribution in [1.29, 1.82) is 0 Å². The third-order valence-electron chi connectivity index (χ3n) is 6.25. The number of H-pyrrole nitrogens is 1. The number of aromatic nitrogens is 1. The zero-order valence-electron chi connectivity index (χ0n) is 18.9. The molecule has 1 aliphatic heterocycles. The number of esters is 1. The molecule has 3 aromatic carbocycles. The van der Waals surface area contributed by atoms with E-state index in [1.807, 2.05) is 36.4 Å². The number of benzene rings is 3. The second-order valence-electron chi connectivity index (χ2n) is 8.23. The number of ether oxygens (including phenoxy) is 3. The highest BCUT2D eigenvalue weighted by Crippen LogP contribution is 2.37. The average molecular weight is 461 g/mol. The van der Waals surface area contributed by atoms with Gasteiger partial charge in [0.25, 0.3) is 0 Å². The SMILES string of the molecule is COC(=O)[C@H]1Cc2c([nH]c3ccccc23)[C@H](c2ccc(OC)c(COc3ccccc3F)c2)N1. The van der Waals surface area contributed by atoms with Crippen molar-refractivity contribution in [2.45, 2.75) is 25.1 Å². The molecule has 174 valence electrons. The van der Waals surface area contributed by atoms with Crippen molar-refractivity contribution in [2.75, 3.05) is 14.2 Å². The van der Waals surface area contributed by atoms with E-state index in [1.54, 1.807) is 25.3 Å². The standard InChI is InChI=1S/C27H25FN2O4/c1-32-23-12-11-16(13-17(23)15-34-24-10-6-4-8-20(24)28)25-26-19(14-22(30-25)27(31)33-2)18-7-3-5-9-21(18)29-26/h3-13,22,25,29-30H,14-15H2,1-2H3/t22-,25+/m1/s1. The van der Waals surface area contributed by atoms with E-state index in [1.165, 1.54) is 13.2 Å². The van der Waals surface area contributed by atoms with Gasteiger partial charge in [-0.05, 0) is 41.5 Å². The highest BCUT2D eigenvalue weighted by molar-refractivity contribution is 5.87. The van der Waals surface area contributed by atoms with Crippen molar-refractivity contribution in [3.63, 3.8) is 0 Å². The maximum atomic E-state index is 14.0. The molecule has 0 aliphatic carbocycles. The third-order valence-corrected chi connectivity index (χ3v) is 6.25. The lowest BCUT2D eigenvalue weighted by Gasteiger charge is -2.30. The van der Waals surface area contributed by atoms with Crippen LogP contribution >= 0.6 is 0 Å². The van der Waals surface area contributed by atoms with Crippen molar-refractivity contribution in [3.05, 3.63) is 94.9 Å². The zero-order valence-corrected chi connectivity index (χ0v) is 18.9. The van der Waals surface area contributed by atoms with E-state index in [0.717, 1.165) is 33.3 Å². The minimum atomic E-state index is -0.484. The molecule has 0 spiro atoms. The average Bonchev–Trinajstić information content (AvgIpc) is 3.25. The molecule has 0 unspecified atom stereocenters. The van der Waals surface area contributed by atoms with Gasteiger partial charge in [0.2, 0.25) is 0 Å². The molecular weight excluding hydrogens is 435 g/mol. The number of halogens is 1. The number of para-hydroxylation sites is 2. The van der Waals surface area contributed by atoms with E-state index < -0.39 is 11.9 Å². The van der Waals surface area contributed by atoms with Crippen molar-refractivity contribution in [2.24, 2.45) is 0 Å². The number of aromatic amines is 1. The predicted molar refractivity (Wildman–Crippen MR) is 127 cm³/mol. The molecule has 5 rings (SSSR count). The number of hydrogen-bond acceptors (Lipinski definition) is 5. The number of methoxy groups -OCH3 is 2. The normalized spacial score (nSPS) is 17.3. The fraction of sp³-hybridized carbons (Fsp3) is 0.222. The summed E-state index contributed by atoms with van der Waals surface area (Å²) >= 11 is 0. The van der Waals surface area contributed by atoms with Gasteiger partial charge in [-0.25, -0.2) is 4.39 Å². The molecule has 6 nitrogen and oxygen atoms in total. The fourth-order valence-electron chi connectivity index (χ4n) is 4.60. The zero-order chi connectivity index (χ0) is 23.7. The Balaban J connectivity index is 1.54. The molecule has 0 bridgehead atoms. The topological polar surface area (TPSA) is 72.6 Å². The molecule has 1 aromatic heterocycles. The summed E-state index contributed by atoms with van der Waals surface area (Å²) in [5.41, 5.74) is 4.81. The molecule has 0 saturated carbocycles. The Morgan fingerprint density at radius 3 is 2.62 bits per heavy atom. The third kappa shape index (κ3) is 3.99. The first kappa shape index (κ1) is 22.0. The van der Waals surface area contributed by atoms with Crippen LogP contribution in [0.5, 0.6) is 11.5 Å². The van der Waals surface area contributed by atoms with Crippen LogP contribution in [0.2, 0.25) is 0 Å². The monoisotopic (exact) mass is 460 g/mol. The fourth-order valence-corrected chi connectivity index (χ4v) is 4.60. The van der Waals surface area contributed by atoms with Gasteiger partial charge in [0, 0.05) is 28.6 Å². The van der Waals surface area contributed by atoms with Gasteiger partial charge in [0.15, 0.2) is 11.6 Å². The lowest BCUT2D eigenvalue weighted by Crippen LogP contribution is -2.45. The first-order valence-electron chi connectivity index (χ1n) is 11.1. The highest BCUT2D eigenvalue weighted by atomic mass is 19.1. The molecule has 2 N–H and O–H groups in total. The molecular formula is C27H25FN2O4. The summed E-state index contributed by atoms with van der Waals surface area (Å²) in [5.74, 6) is 0.0828. The first-order valence-corrected chi connectivity index (χ1v) is 11.1. The van der Waals surface area contributed by atoms with Crippen molar-refractivity contribution >= 4 is 16.9 Å². The van der Waals surface area contributed by atoms with E-state index in [4.69, 9.17) is 14.2 Å². The van der Waals surface area contributed by atoms with Gasteiger partial charge >= 0.3 is 5.97 Å². The van der Waals surface area contributed by atoms with Crippen LogP contribution in [0, 0.1) is 5.82 Å². The Hall–Kier alpha value is -3.84. The van der Waals surface area contributed by atoms with Crippen LogP contribution in [0.3, 0.4) is 0 Å². The second-order valence-corrected chi connectivity index (χ2v) is 8.23. The van der Waals surface area contributed by atoms with Gasteiger partial charge in [-0.3, -0.25) is 10.1 Å². The molecule has 0 amide bonds. The van der Waals surface area contributed by atoms with E-state index in [-0.39, 0.29) is 24.4 Å². The Kier molecular flexibility index (Phi) is 5.94. The van der Waals surface area contributed by atoms with Gasteiger partial charge in [-0.15, -0.1) is 0 Å². The lowest BCUT2D eigenvalue weighted by molar-refractivity contribution is -0.143. The van der Waals surface area contributed by atoms with Gasteiger partial charge in [-0.1, -0.05) is 36.4 Å². The summed E-state index contributed by atoms with van der Waals surface area (Å²) in [4.78, 5) is 16.0. The van der Waals surface area contributed by atoms with E-state index >= 15 is 0 Å². The summed E-state index contributed by atoms with van der Waals surface area (Å²) in [5, 5.41) is 4.53. The Bertz CT molecular complexity index is 1350. The molecule has 7 heteroatoms. The minimum Gasteiger partial charge on any atom is -0.496 e. The van der Waals surface area contributed by atoms with Crippen LogP contribution in [0.4, 0.5) is 4.39 Å². The highest BCUT2D eigenvalue weighted by Gasteiger charge is 2.34. The Labute approximate surface area is 196 Å². The van der Waals surface area contributed by atoms with Gasteiger partial charge in [-0.2, -0.15) is 0 Å². The van der Waals surface area contributed by atoms with Gasteiger partial charge < -0.3 is 19.2 Å². The molecule has 2 heterocycles. The molecule has 0 fully saturated rings. The molecule has 1 aliphatic rings. The van der Waals surface area contributed by atoms with Crippen molar-refractivity contribution in [3.8, 4) is 11.5 Å². The molecule has 2 atom stereocenters. The van der Waals surface area contributed by atoms with Gasteiger partial charge in [0.1, 0.15) is 18.4 Å². The van der Waals surface area contributed by atoms with Crippen LogP contribution in [0.25, 0.3) is 10.9 Å². The lowest BCUT2D eigenvalue weighted by atomic mass is 9.89. The van der Waals surface area contributed by atoms with E-state index in [2.05, 4.69) is 16.4 Å². The van der Waals surface area contributed by atoms with Crippen LogP contribution in [0.15, 0.2) is 66.7 Å². The number of nitrogens with one attached hydrogen (secondary N) is 2. The first-order chi connectivity index (χ1) is 16.6. The second kappa shape index (κ2) is 9.19. The van der Waals surface area contributed by atoms with Crippen LogP contribution in [-0.4, -0.2) is 31.2 Å². The maximum Gasteiger partial charge on any atom is 0.323 e. The van der Waals surface area contributed by atoms with Crippen LogP contribution < -0.4 is 14.8 Å². The summed E-state index contributed by atoms with van der Waals surface area (Å²) in [7, 11) is 2.98. The molecule has 0 saturated heterocycles. The summed E-state index contributed by atoms with van der Waals surface area (Å²) in [6.07, 6.45) is 0.530. The predicted octanol–water partition coefficient (Wildman–Crippen LogP) is 4.67. The van der Waals surface area contributed by atoms with Crippen LogP contribution in [0.1, 0.15) is 28.4 Å². The van der Waals surface area contributed by atoms with Gasteiger partial charge in [0.05, 0.1) is 20.3 Å². The summed E-state index contributed by atoms with van der Waals surface area (Å²) < 4.78 is 30.4. The number of rotatable bonds is 6. The van der Waals surface area contributed by atoms with Crippen LogP contribution in [-0.2, 0) is 22.6 Å². The Morgan fingerprint density at radius 2 is 1.82 bits per heavy atom. The Morgan fingerprint density at radius 1 is 1.03 bits per heavy atom. The number of fused-ring (bicyclic) bond motifs is 3. The molecule has 0 radical (unpaired) electrons. The molecule has 4 aromatic rings. The van der Waals surface area contributed by atoms with E-state index in [0.29, 0.717) is 12.2 Å². The largest absolute Gasteiger partial charge is 0.496 e. The molecule has 34 heavy (non-hydrogen) atoms. The summed E-state index contributed by atoms with van der Waals surface area (Å²) in [6.45, 7) is 0.130. The quantitative estimate of drug-likeness (QED) is 0.409. The van der Waals surface area contributed by atoms with Crippen molar-refractivity contribution in [1.82, 2.24) is 10.3 Å². The number of carbonyl (C=O) groups excluding carboxylic acids is 1. The number of hydrogen-bond donors (Lipinski definition) is 2. The van der Waals surface area contributed by atoms with Crippen molar-refractivity contribution < 1.29 is 23.4 Å². The van der Waals surface area contributed by atoms with E-state index in [9.17, 15) is 9.18 Å².